The number of nitrogens with zero attached hydrogens (tertiary/aromatic N) is 4. The highest BCUT2D eigenvalue weighted by molar-refractivity contribution is 5.80. The molecule has 1 aromatic rings. The number of aliphatic imine (C=N–C) groups is 1. The molecule has 0 radical (unpaired) electrons. The summed E-state index contributed by atoms with van der Waals surface area (Å²) in [6.07, 6.45) is 6.88. The van der Waals surface area contributed by atoms with E-state index in [9.17, 15) is 0 Å². The second-order valence-electron chi connectivity index (χ2n) is 7.36. The van der Waals surface area contributed by atoms with Crippen molar-refractivity contribution in [1.29, 1.82) is 0 Å². The van der Waals surface area contributed by atoms with Crippen molar-refractivity contribution in [3.63, 3.8) is 0 Å². The van der Waals surface area contributed by atoms with Crippen LogP contribution in [0.2, 0.25) is 0 Å². The average molecular weight is 360 g/mol. The maximum absolute atomic E-state index is 5.54. The zero-order valence-corrected chi connectivity index (χ0v) is 16.3. The van der Waals surface area contributed by atoms with Crippen LogP contribution in [0.15, 0.2) is 23.3 Å². The van der Waals surface area contributed by atoms with Gasteiger partial charge in [-0.05, 0) is 50.3 Å². The third-order valence-corrected chi connectivity index (χ3v) is 5.21. The van der Waals surface area contributed by atoms with Crippen LogP contribution < -0.4 is 10.1 Å². The zero-order valence-electron chi connectivity index (χ0n) is 16.3. The summed E-state index contributed by atoms with van der Waals surface area (Å²) < 4.78 is 5.54. The lowest BCUT2D eigenvalue weighted by molar-refractivity contribution is 0.281. The molecule has 6 heteroatoms. The third-order valence-electron chi connectivity index (χ3n) is 5.21. The SMILES string of the molecule is CCCOc1ccc(CNC(=NC)N2CCC(CN3CCCC3)C2)cn1. The Bertz CT molecular complexity index is 568. The molecule has 2 fully saturated rings. The number of pyridine rings is 1. The van der Waals surface area contributed by atoms with Crippen LogP contribution in [0.25, 0.3) is 0 Å². The maximum atomic E-state index is 5.54. The predicted molar refractivity (Wildman–Crippen MR) is 106 cm³/mol. The number of hydrogen-bond donors (Lipinski definition) is 1. The van der Waals surface area contributed by atoms with Gasteiger partial charge in [-0.25, -0.2) is 4.98 Å². The van der Waals surface area contributed by atoms with E-state index in [4.69, 9.17) is 4.74 Å². The molecular formula is C20H33N5O. The summed E-state index contributed by atoms with van der Waals surface area (Å²) in [5.74, 6) is 2.47. The molecule has 1 aromatic heterocycles. The van der Waals surface area contributed by atoms with Crippen LogP contribution >= 0.6 is 0 Å². The monoisotopic (exact) mass is 359 g/mol. The smallest absolute Gasteiger partial charge is 0.213 e. The van der Waals surface area contributed by atoms with E-state index in [0.29, 0.717) is 12.5 Å². The fourth-order valence-corrected chi connectivity index (χ4v) is 3.83. The number of nitrogens with one attached hydrogen (secondary N) is 1. The van der Waals surface area contributed by atoms with Gasteiger partial charge in [-0.2, -0.15) is 0 Å². The molecular weight excluding hydrogens is 326 g/mol. The number of hydrogen-bond acceptors (Lipinski definition) is 4. The second-order valence-corrected chi connectivity index (χ2v) is 7.36. The Labute approximate surface area is 157 Å². The van der Waals surface area contributed by atoms with Gasteiger partial charge in [0.05, 0.1) is 6.61 Å². The number of ether oxygens (including phenoxy) is 1. The highest BCUT2D eigenvalue weighted by Gasteiger charge is 2.27. The van der Waals surface area contributed by atoms with Crippen LogP contribution in [-0.2, 0) is 6.54 Å². The van der Waals surface area contributed by atoms with E-state index in [1.165, 1.54) is 38.9 Å². The molecule has 0 spiro atoms. The van der Waals surface area contributed by atoms with E-state index in [1.54, 1.807) is 0 Å². The van der Waals surface area contributed by atoms with E-state index < -0.39 is 0 Å². The Balaban J connectivity index is 1.44. The van der Waals surface area contributed by atoms with Crippen LogP contribution in [0.5, 0.6) is 5.88 Å². The first-order valence-electron chi connectivity index (χ1n) is 10.0. The van der Waals surface area contributed by atoms with Crippen molar-refractivity contribution in [2.75, 3.05) is 46.4 Å². The molecule has 0 bridgehead atoms. The Morgan fingerprint density at radius 2 is 2.15 bits per heavy atom. The Kier molecular flexibility index (Phi) is 7.12. The Hall–Kier alpha value is -1.82. The van der Waals surface area contributed by atoms with Crippen LogP contribution in [0.4, 0.5) is 0 Å². The van der Waals surface area contributed by atoms with Crippen molar-refractivity contribution in [2.45, 2.75) is 39.2 Å². The molecule has 3 rings (SSSR count). The molecule has 2 aliphatic heterocycles. The van der Waals surface area contributed by atoms with E-state index in [1.807, 2.05) is 19.3 Å². The van der Waals surface area contributed by atoms with Crippen molar-refractivity contribution in [3.8, 4) is 5.88 Å². The van der Waals surface area contributed by atoms with E-state index in [0.717, 1.165) is 43.5 Å². The van der Waals surface area contributed by atoms with Gasteiger partial charge in [0.25, 0.3) is 0 Å². The molecule has 1 unspecified atom stereocenters. The van der Waals surface area contributed by atoms with Crippen LogP contribution in [0, 0.1) is 5.92 Å². The average Bonchev–Trinajstić information content (AvgIpc) is 3.34. The van der Waals surface area contributed by atoms with E-state index >= 15 is 0 Å². The molecule has 6 nitrogen and oxygen atoms in total. The van der Waals surface area contributed by atoms with Crippen LogP contribution in [0.1, 0.15) is 38.2 Å². The maximum Gasteiger partial charge on any atom is 0.213 e. The molecule has 0 amide bonds. The standard InChI is InChI=1S/C20H33N5O/c1-3-12-26-19-7-6-17(13-22-19)14-23-20(21-2)25-11-8-18(16-25)15-24-9-4-5-10-24/h6-7,13,18H,3-5,8-12,14-16H2,1-2H3,(H,21,23). The fourth-order valence-electron chi connectivity index (χ4n) is 3.83. The van der Waals surface area contributed by atoms with Crippen molar-refractivity contribution in [3.05, 3.63) is 23.9 Å². The molecule has 2 aliphatic rings. The van der Waals surface area contributed by atoms with Gasteiger partial charge in [-0.15, -0.1) is 0 Å². The predicted octanol–water partition coefficient (Wildman–Crippen LogP) is 2.36. The highest BCUT2D eigenvalue weighted by Crippen LogP contribution is 2.20. The summed E-state index contributed by atoms with van der Waals surface area (Å²) >= 11 is 0. The van der Waals surface area contributed by atoms with Gasteiger partial charge in [-0.1, -0.05) is 13.0 Å². The lowest BCUT2D eigenvalue weighted by Gasteiger charge is -2.23. The summed E-state index contributed by atoms with van der Waals surface area (Å²) in [5, 5.41) is 3.49. The first-order valence-corrected chi connectivity index (χ1v) is 10.0. The van der Waals surface area contributed by atoms with Gasteiger partial charge < -0.3 is 19.9 Å². The summed E-state index contributed by atoms with van der Waals surface area (Å²) in [7, 11) is 1.87. The largest absolute Gasteiger partial charge is 0.478 e. The van der Waals surface area contributed by atoms with Crippen LogP contribution in [-0.4, -0.2) is 67.1 Å². The summed E-state index contributed by atoms with van der Waals surface area (Å²) in [6.45, 7) is 9.57. The van der Waals surface area contributed by atoms with Gasteiger partial charge in [0, 0.05) is 45.5 Å². The number of aromatic nitrogens is 1. The summed E-state index contributed by atoms with van der Waals surface area (Å²) in [4.78, 5) is 13.9. The number of guanidine groups is 1. The minimum absolute atomic E-state index is 0.698. The molecule has 1 N–H and O–H groups in total. The van der Waals surface area contributed by atoms with Crippen molar-refractivity contribution in [1.82, 2.24) is 20.1 Å². The summed E-state index contributed by atoms with van der Waals surface area (Å²) in [6, 6.07) is 4.01. The Morgan fingerprint density at radius 1 is 1.31 bits per heavy atom. The van der Waals surface area contributed by atoms with Crippen molar-refractivity contribution < 1.29 is 4.74 Å². The quantitative estimate of drug-likeness (QED) is 0.598. The van der Waals surface area contributed by atoms with Gasteiger partial charge >= 0.3 is 0 Å². The summed E-state index contributed by atoms with van der Waals surface area (Å²) in [5.41, 5.74) is 1.14. The first-order chi connectivity index (χ1) is 12.8. The third kappa shape index (κ3) is 5.34. The Morgan fingerprint density at radius 3 is 2.85 bits per heavy atom. The van der Waals surface area contributed by atoms with Crippen molar-refractivity contribution in [2.24, 2.45) is 10.9 Å². The topological polar surface area (TPSA) is 53.0 Å². The molecule has 26 heavy (non-hydrogen) atoms. The minimum atomic E-state index is 0.698. The molecule has 0 aromatic carbocycles. The number of likely N-dealkylation sites (tertiary alicyclic amines) is 2. The minimum Gasteiger partial charge on any atom is -0.478 e. The molecule has 0 saturated carbocycles. The van der Waals surface area contributed by atoms with Crippen molar-refractivity contribution >= 4 is 5.96 Å². The van der Waals surface area contributed by atoms with E-state index in [2.05, 4.69) is 38.1 Å². The highest BCUT2D eigenvalue weighted by atomic mass is 16.5. The van der Waals surface area contributed by atoms with Gasteiger partial charge in [0.15, 0.2) is 5.96 Å². The molecule has 144 valence electrons. The zero-order chi connectivity index (χ0) is 18.2. The van der Waals surface area contributed by atoms with Gasteiger partial charge in [-0.3, -0.25) is 4.99 Å². The first kappa shape index (κ1) is 19.0. The van der Waals surface area contributed by atoms with Crippen LogP contribution in [0.3, 0.4) is 0 Å². The lowest BCUT2D eigenvalue weighted by atomic mass is 10.1. The molecule has 3 heterocycles. The van der Waals surface area contributed by atoms with E-state index in [-0.39, 0.29) is 0 Å². The molecule has 2 saturated heterocycles. The normalized spacial score (nSPS) is 21.4. The van der Waals surface area contributed by atoms with Gasteiger partial charge in [0.1, 0.15) is 0 Å². The number of rotatable bonds is 7. The second kappa shape index (κ2) is 9.76. The van der Waals surface area contributed by atoms with Gasteiger partial charge in [0.2, 0.25) is 5.88 Å². The molecule has 0 aliphatic carbocycles. The molecule has 1 atom stereocenters. The fraction of sp³-hybridized carbons (Fsp3) is 0.700. The lowest BCUT2D eigenvalue weighted by Crippen LogP contribution is -2.40.